The number of pyridine rings is 1. The Morgan fingerprint density at radius 2 is 2.12 bits per heavy atom. The van der Waals surface area contributed by atoms with Crippen molar-refractivity contribution in [1.82, 2.24) is 24.9 Å². The summed E-state index contributed by atoms with van der Waals surface area (Å²) in [6.45, 7) is 1.18. The van der Waals surface area contributed by atoms with E-state index in [9.17, 15) is 4.79 Å². The van der Waals surface area contributed by atoms with Crippen molar-refractivity contribution >= 4 is 16.8 Å². The number of ether oxygens (including phenoxy) is 1. The summed E-state index contributed by atoms with van der Waals surface area (Å²) in [5.41, 5.74) is 1.27. The van der Waals surface area contributed by atoms with Crippen LogP contribution in [0.4, 0.5) is 0 Å². The molecule has 1 amide bonds. The normalized spacial score (nSPS) is 17.4. The monoisotopic (exact) mass is 323 g/mol. The van der Waals surface area contributed by atoms with Crippen LogP contribution >= 0.6 is 0 Å². The molecule has 0 bridgehead atoms. The fourth-order valence-corrected chi connectivity index (χ4v) is 2.90. The molecule has 1 aliphatic heterocycles. The van der Waals surface area contributed by atoms with Gasteiger partial charge in [-0.15, -0.1) is 5.10 Å². The summed E-state index contributed by atoms with van der Waals surface area (Å²) in [6, 6.07) is 11.8. The fourth-order valence-electron chi connectivity index (χ4n) is 2.90. The molecule has 3 aromatic rings. The van der Waals surface area contributed by atoms with Crippen LogP contribution in [0.25, 0.3) is 10.9 Å². The van der Waals surface area contributed by atoms with Gasteiger partial charge in [-0.3, -0.25) is 9.48 Å². The van der Waals surface area contributed by atoms with Crippen LogP contribution in [0, 0.1) is 0 Å². The number of aryl methyl sites for hydroxylation is 1. The summed E-state index contributed by atoms with van der Waals surface area (Å²) < 4.78 is 7.48. The highest BCUT2D eigenvalue weighted by Crippen LogP contribution is 2.21. The molecule has 4 rings (SSSR count). The molecule has 1 aliphatic rings. The summed E-state index contributed by atoms with van der Waals surface area (Å²) in [5.74, 6) is 0.480. The van der Waals surface area contributed by atoms with Gasteiger partial charge in [0, 0.05) is 31.5 Å². The van der Waals surface area contributed by atoms with E-state index in [4.69, 9.17) is 4.74 Å². The smallest absolute Gasteiger partial charge is 0.276 e. The maximum Gasteiger partial charge on any atom is 0.276 e. The number of aromatic nitrogens is 4. The molecule has 1 fully saturated rings. The third-order valence-electron chi connectivity index (χ3n) is 4.11. The Kier molecular flexibility index (Phi) is 3.60. The minimum Gasteiger partial charge on any atom is -0.472 e. The molecule has 1 aromatic carbocycles. The summed E-state index contributed by atoms with van der Waals surface area (Å²) in [4.78, 5) is 18.6. The second-order valence-corrected chi connectivity index (χ2v) is 5.90. The van der Waals surface area contributed by atoms with Crippen molar-refractivity contribution in [3.05, 3.63) is 48.3 Å². The van der Waals surface area contributed by atoms with Crippen LogP contribution in [0.3, 0.4) is 0 Å². The van der Waals surface area contributed by atoms with Crippen LogP contribution in [0.1, 0.15) is 16.9 Å². The van der Waals surface area contributed by atoms with Crippen LogP contribution in [-0.2, 0) is 7.05 Å². The minimum atomic E-state index is -0.110. The second kappa shape index (κ2) is 5.92. The average Bonchev–Trinajstić information content (AvgIpc) is 3.23. The van der Waals surface area contributed by atoms with Crippen LogP contribution in [-0.4, -0.2) is 50.0 Å². The zero-order valence-corrected chi connectivity index (χ0v) is 13.3. The molecule has 7 heteroatoms. The highest BCUT2D eigenvalue weighted by Gasteiger charge is 2.29. The van der Waals surface area contributed by atoms with Gasteiger partial charge in [0.25, 0.3) is 5.91 Å². The van der Waals surface area contributed by atoms with E-state index in [0.29, 0.717) is 24.7 Å². The first-order valence-corrected chi connectivity index (χ1v) is 7.87. The molecular formula is C17H17N5O2. The first-order valence-electron chi connectivity index (χ1n) is 7.87. The van der Waals surface area contributed by atoms with E-state index in [0.717, 1.165) is 17.3 Å². The molecule has 1 atom stereocenters. The van der Waals surface area contributed by atoms with Gasteiger partial charge in [-0.05, 0) is 12.1 Å². The van der Waals surface area contributed by atoms with Crippen molar-refractivity contribution in [3.8, 4) is 5.88 Å². The van der Waals surface area contributed by atoms with Gasteiger partial charge in [0.2, 0.25) is 5.88 Å². The number of hydrogen-bond donors (Lipinski definition) is 0. The molecule has 7 nitrogen and oxygen atoms in total. The van der Waals surface area contributed by atoms with Gasteiger partial charge in [-0.2, -0.15) is 0 Å². The average molecular weight is 323 g/mol. The number of nitrogens with zero attached hydrogens (tertiary/aromatic N) is 5. The number of benzene rings is 1. The highest BCUT2D eigenvalue weighted by atomic mass is 16.5. The molecule has 1 unspecified atom stereocenters. The van der Waals surface area contributed by atoms with Gasteiger partial charge in [-0.25, -0.2) is 4.98 Å². The van der Waals surface area contributed by atoms with Crippen molar-refractivity contribution in [1.29, 1.82) is 0 Å². The van der Waals surface area contributed by atoms with Crippen LogP contribution in [0.5, 0.6) is 5.88 Å². The quantitative estimate of drug-likeness (QED) is 0.733. The third kappa shape index (κ3) is 2.80. The van der Waals surface area contributed by atoms with E-state index in [1.165, 1.54) is 4.68 Å². The minimum absolute atomic E-state index is 0.0562. The van der Waals surface area contributed by atoms with Crippen LogP contribution < -0.4 is 4.74 Å². The zero-order chi connectivity index (χ0) is 16.5. The highest BCUT2D eigenvalue weighted by molar-refractivity contribution is 5.92. The Hall–Kier alpha value is -2.96. The lowest BCUT2D eigenvalue weighted by Crippen LogP contribution is -2.31. The van der Waals surface area contributed by atoms with E-state index < -0.39 is 0 Å². The number of hydrogen-bond acceptors (Lipinski definition) is 5. The van der Waals surface area contributed by atoms with Crippen molar-refractivity contribution < 1.29 is 9.53 Å². The third-order valence-corrected chi connectivity index (χ3v) is 4.11. The fraction of sp³-hybridized carbons (Fsp3) is 0.294. The molecule has 1 saturated heterocycles. The van der Waals surface area contributed by atoms with Crippen LogP contribution in [0.2, 0.25) is 0 Å². The van der Waals surface area contributed by atoms with Gasteiger partial charge < -0.3 is 9.64 Å². The number of para-hydroxylation sites is 1. The van der Waals surface area contributed by atoms with Gasteiger partial charge in [-0.1, -0.05) is 23.4 Å². The van der Waals surface area contributed by atoms with Crippen molar-refractivity contribution in [2.45, 2.75) is 12.5 Å². The van der Waals surface area contributed by atoms with E-state index in [1.807, 2.05) is 36.4 Å². The van der Waals surface area contributed by atoms with Gasteiger partial charge in [0.1, 0.15) is 6.10 Å². The SMILES string of the molecule is Cn1cc(C(=O)N2CCC(Oc3ccc4ccccc4n3)C2)nn1. The summed E-state index contributed by atoms with van der Waals surface area (Å²) in [6.07, 6.45) is 2.35. The van der Waals surface area contributed by atoms with Gasteiger partial charge in [0.05, 0.1) is 18.3 Å². The predicted molar refractivity (Wildman–Crippen MR) is 87.7 cm³/mol. The lowest BCUT2D eigenvalue weighted by molar-refractivity contribution is 0.0765. The molecule has 0 aliphatic carbocycles. The molecule has 0 N–H and O–H groups in total. The summed E-state index contributed by atoms with van der Waals surface area (Å²) in [7, 11) is 1.74. The Bertz CT molecular complexity index is 891. The molecule has 24 heavy (non-hydrogen) atoms. The van der Waals surface area contributed by atoms with Crippen molar-refractivity contribution in [2.75, 3.05) is 13.1 Å². The van der Waals surface area contributed by atoms with E-state index >= 15 is 0 Å². The largest absolute Gasteiger partial charge is 0.472 e. The van der Waals surface area contributed by atoms with E-state index in [-0.39, 0.29) is 12.0 Å². The predicted octanol–water partition coefficient (Wildman–Crippen LogP) is 1.66. The Morgan fingerprint density at radius 1 is 1.25 bits per heavy atom. The number of amides is 1. The van der Waals surface area contributed by atoms with Crippen molar-refractivity contribution in [3.63, 3.8) is 0 Å². The number of fused-ring (bicyclic) bond motifs is 1. The first kappa shape index (κ1) is 14.6. The molecule has 0 spiro atoms. The summed E-state index contributed by atoms with van der Waals surface area (Å²) >= 11 is 0. The van der Waals surface area contributed by atoms with Gasteiger partial charge in [0.15, 0.2) is 5.69 Å². The lowest BCUT2D eigenvalue weighted by Gasteiger charge is -2.15. The zero-order valence-electron chi connectivity index (χ0n) is 13.3. The molecule has 0 radical (unpaired) electrons. The molecule has 3 heterocycles. The number of likely N-dealkylation sites (tertiary alicyclic amines) is 1. The Labute approximate surface area is 138 Å². The number of rotatable bonds is 3. The second-order valence-electron chi connectivity index (χ2n) is 5.90. The lowest BCUT2D eigenvalue weighted by atomic mass is 10.2. The summed E-state index contributed by atoms with van der Waals surface area (Å²) in [5, 5.41) is 8.75. The maximum absolute atomic E-state index is 12.4. The maximum atomic E-state index is 12.4. The van der Waals surface area contributed by atoms with Crippen molar-refractivity contribution in [2.24, 2.45) is 7.05 Å². The molecule has 0 saturated carbocycles. The van der Waals surface area contributed by atoms with Gasteiger partial charge >= 0.3 is 0 Å². The Morgan fingerprint density at radius 3 is 2.96 bits per heavy atom. The van der Waals surface area contributed by atoms with E-state index in [1.54, 1.807) is 18.1 Å². The number of carbonyl (C=O) groups is 1. The van der Waals surface area contributed by atoms with Crippen LogP contribution in [0.15, 0.2) is 42.6 Å². The Balaban J connectivity index is 1.43. The molecule has 2 aromatic heterocycles. The standard InChI is InChI=1S/C17H17N5O2/c1-21-11-15(19-20-21)17(23)22-9-8-13(10-22)24-16-7-6-12-4-2-3-5-14(12)18-16/h2-7,11,13H,8-10H2,1H3. The first-order chi connectivity index (χ1) is 11.7. The van der Waals surface area contributed by atoms with E-state index in [2.05, 4.69) is 15.3 Å². The topological polar surface area (TPSA) is 73.1 Å². The molecular weight excluding hydrogens is 306 g/mol. The number of carbonyl (C=O) groups excluding carboxylic acids is 1. The molecule has 122 valence electrons.